The van der Waals surface area contributed by atoms with Crippen molar-refractivity contribution < 1.29 is 4.74 Å². The van der Waals surface area contributed by atoms with E-state index in [1.165, 1.54) is 0 Å². The van der Waals surface area contributed by atoms with Gasteiger partial charge in [0.15, 0.2) is 0 Å². The molecule has 0 bridgehead atoms. The SMILES string of the molecule is Cc1cc(OCCN(C)C)ccc1Nc1nccc(-c2c[nH]c3ncccc23)n1. The molecule has 7 heteroatoms. The monoisotopic (exact) mass is 388 g/mol. The number of anilines is 2. The summed E-state index contributed by atoms with van der Waals surface area (Å²) in [6.07, 6.45) is 5.45. The highest BCUT2D eigenvalue weighted by atomic mass is 16.5. The van der Waals surface area contributed by atoms with E-state index < -0.39 is 0 Å². The van der Waals surface area contributed by atoms with Gasteiger partial charge in [-0.1, -0.05) is 0 Å². The van der Waals surface area contributed by atoms with Gasteiger partial charge in [-0.25, -0.2) is 15.0 Å². The fourth-order valence-electron chi connectivity index (χ4n) is 3.07. The zero-order valence-corrected chi connectivity index (χ0v) is 16.8. The Morgan fingerprint density at radius 3 is 2.83 bits per heavy atom. The number of rotatable bonds is 7. The molecular weight excluding hydrogens is 364 g/mol. The summed E-state index contributed by atoms with van der Waals surface area (Å²) in [6.45, 7) is 3.57. The predicted molar refractivity (Wildman–Crippen MR) is 116 cm³/mol. The van der Waals surface area contributed by atoms with E-state index >= 15 is 0 Å². The van der Waals surface area contributed by atoms with Crippen LogP contribution in [0.2, 0.25) is 0 Å². The van der Waals surface area contributed by atoms with Crippen LogP contribution < -0.4 is 10.1 Å². The van der Waals surface area contributed by atoms with Crippen LogP contribution in [0, 0.1) is 6.92 Å². The first-order chi connectivity index (χ1) is 14.1. The minimum absolute atomic E-state index is 0.546. The molecule has 0 radical (unpaired) electrons. The molecule has 0 saturated carbocycles. The van der Waals surface area contributed by atoms with E-state index in [1.54, 1.807) is 12.4 Å². The van der Waals surface area contributed by atoms with E-state index in [0.717, 1.165) is 45.8 Å². The third-order valence-electron chi connectivity index (χ3n) is 4.63. The maximum atomic E-state index is 5.80. The van der Waals surface area contributed by atoms with Crippen molar-refractivity contribution in [3.63, 3.8) is 0 Å². The number of nitrogens with zero attached hydrogens (tertiary/aromatic N) is 4. The van der Waals surface area contributed by atoms with Crippen LogP contribution in [0.5, 0.6) is 5.75 Å². The summed E-state index contributed by atoms with van der Waals surface area (Å²) in [5.74, 6) is 1.40. The van der Waals surface area contributed by atoms with Crippen molar-refractivity contribution in [3.05, 3.63) is 60.6 Å². The number of hydrogen-bond donors (Lipinski definition) is 2. The number of aromatic amines is 1. The molecule has 0 aliphatic heterocycles. The molecular formula is C22H24N6O. The Kier molecular flexibility index (Phi) is 5.39. The zero-order chi connectivity index (χ0) is 20.2. The second-order valence-electron chi connectivity index (χ2n) is 7.12. The Morgan fingerprint density at radius 2 is 2.00 bits per heavy atom. The lowest BCUT2D eigenvalue weighted by molar-refractivity contribution is 0.261. The van der Waals surface area contributed by atoms with E-state index in [2.05, 4.69) is 30.2 Å². The summed E-state index contributed by atoms with van der Waals surface area (Å²) in [7, 11) is 4.06. The summed E-state index contributed by atoms with van der Waals surface area (Å²) in [6, 6.07) is 11.8. The van der Waals surface area contributed by atoms with Crippen LogP contribution in [0.3, 0.4) is 0 Å². The van der Waals surface area contributed by atoms with Gasteiger partial charge < -0.3 is 19.9 Å². The van der Waals surface area contributed by atoms with Crippen LogP contribution in [0.25, 0.3) is 22.3 Å². The number of benzene rings is 1. The van der Waals surface area contributed by atoms with Gasteiger partial charge in [0.25, 0.3) is 0 Å². The van der Waals surface area contributed by atoms with Gasteiger partial charge in [0.05, 0.1) is 5.69 Å². The van der Waals surface area contributed by atoms with Gasteiger partial charge in [-0.15, -0.1) is 0 Å². The van der Waals surface area contributed by atoms with E-state index in [0.29, 0.717) is 12.6 Å². The minimum Gasteiger partial charge on any atom is -0.492 e. The van der Waals surface area contributed by atoms with E-state index in [1.807, 2.05) is 63.6 Å². The minimum atomic E-state index is 0.546. The van der Waals surface area contributed by atoms with Crippen molar-refractivity contribution in [2.24, 2.45) is 0 Å². The number of fused-ring (bicyclic) bond motifs is 1. The summed E-state index contributed by atoms with van der Waals surface area (Å²) in [5, 5.41) is 4.35. The Labute approximate surface area is 169 Å². The topological polar surface area (TPSA) is 79.0 Å². The Bertz CT molecular complexity index is 1120. The lowest BCUT2D eigenvalue weighted by atomic mass is 10.1. The number of pyridine rings is 1. The summed E-state index contributed by atoms with van der Waals surface area (Å²) in [5.41, 5.74) is 4.69. The summed E-state index contributed by atoms with van der Waals surface area (Å²) in [4.78, 5) is 18.7. The molecule has 148 valence electrons. The molecule has 0 fully saturated rings. The standard InChI is InChI=1S/C22H24N6O/c1-15-13-16(29-12-11-28(2)3)6-7-19(15)26-22-24-10-8-20(27-22)18-14-25-21-17(18)5-4-9-23-21/h4-10,13-14H,11-12H2,1-3H3,(H,23,25)(H,24,26,27). The number of hydrogen-bond acceptors (Lipinski definition) is 6. The zero-order valence-electron chi connectivity index (χ0n) is 16.8. The molecule has 7 nitrogen and oxygen atoms in total. The second kappa shape index (κ2) is 8.28. The predicted octanol–water partition coefficient (Wildman–Crippen LogP) is 4.01. The molecule has 0 saturated heterocycles. The quantitative estimate of drug-likeness (QED) is 0.498. The highest BCUT2D eigenvalue weighted by Gasteiger charge is 2.10. The number of nitrogens with one attached hydrogen (secondary N) is 2. The lowest BCUT2D eigenvalue weighted by Crippen LogP contribution is -2.19. The van der Waals surface area contributed by atoms with Crippen LogP contribution in [0.1, 0.15) is 5.56 Å². The van der Waals surface area contributed by atoms with Gasteiger partial charge >= 0.3 is 0 Å². The van der Waals surface area contributed by atoms with Crippen molar-refractivity contribution in [1.29, 1.82) is 0 Å². The number of ether oxygens (including phenoxy) is 1. The number of aromatic nitrogens is 4. The smallest absolute Gasteiger partial charge is 0.227 e. The number of aryl methyl sites for hydroxylation is 1. The van der Waals surface area contributed by atoms with Crippen molar-refractivity contribution in [3.8, 4) is 17.0 Å². The molecule has 0 unspecified atom stereocenters. The molecule has 3 heterocycles. The normalized spacial score (nSPS) is 11.2. The molecule has 0 aliphatic carbocycles. The van der Waals surface area contributed by atoms with Gasteiger partial charge in [-0.3, -0.25) is 0 Å². The summed E-state index contributed by atoms with van der Waals surface area (Å²) >= 11 is 0. The van der Waals surface area contributed by atoms with Gasteiger partial charge in [0.1, 0.15) is 18.0 Å². The molecule has 0 aliphatic rings. The largest absolute Gasteiger partial charge is 0.492 e. The Morgan fingerprint density at radius 1 is 1.10 bits per heavy atom. The molecule has 29 heavy (non-hydrogen) atoms. The van der Waals surface area contributed by atoms with Crippen molar-refractivity contribution in [1.82, 2.24) is 24.8 Å². The lowest BCUT2D eigenvalue weighted by Gasteiger charge is -2.13. The molecule has 0 spiro atoms. The molecule has 0 atom stereocenters. The average Bonchev–Trinajstić information content (AvgIpc) is 3.14. The number of H-pyrrole nitrogens is 1. The van der Waals surface area contributed by atoms with Gasteiger partial charge in [-0.05, 0) is 63.0 Å². The Hall–Kier alpha value is -3.45. The molecule has 3 aromatic heterocycles. The van der Waals surface area contributed by atoms with Gasteiger partial charge in [0, 0.05) is 41.8 Å². The summed E-state index contributed by atoms with van der Waals surface area (Å²) < 4.78 is 5.80. The fourth-order valence-corrected chi connectivity index (χ4v) is 3.07. The van der Waals surface area contributed by atoms with Crippen molar-refractivity contribution >= 4 is 22.7 Å². The first kappa shape index (κ1) is 18.9. The first-order valence-electron chi connectivity index (χ1n) is 9.51. The van der Waals surface area contributed by atoms with Crippen LogP contribution in [-0.4, -0.2) is 52.1 Å². The number of likely N-dealkylation sites (N-methyl/N-ethyl adjacent to an activating group) is 1. The highest BCUT2D eigenvalue weighted by molar-refractivity contribution is 5.92. The highest BCUT2D eigenvalue weighted by Crippen LogP contribution is 2.28. The molecule has 1 aromatic carbocycles. The van der Waals surface area contributed by atoms with Gasteiger partial charge in [-0.2, -0.15) is 0 Å². The van der Waals surface area contributed by atoms with E-state index in [-0.39, 0.29) is 0 Å². The van der Waals surface area contributed by atoms with E-state index in [9.17, 15) is 0 Å². The third-order valence-corrected chi connectivity index (χ3v) is 4.63. The molecule has 0 amide bonds. The molecule has 4 aromatic rings. The van der Waals surface area contributed by atoms with Gasteiger partial charge in [0.2, 0.25) is 5.95 Å². The second-order valence-corrected chi connectivity index (χ2v) is 7.12. The van der Waals surface area contributed by atoms with Crippen LogP contribution >= 0.6 is 0 Å². The van der Waals surface area contributed by atoms with Crippen molar-refractivity contribution in [2.75, 3.05) is 32.6 Å². The van der Waals surface area contributed by atoms with Crippen LogP contribution in [-0.2, 0) is 0 Å². The van der Waals surface area contributed by atoms with Crippen molar-refractivity contribution in [2.45, 2.75) is 6.92 Å². The maximum Gasteiger partial charge on any atom is 0.227 e. The van der Waals surface area contributed by atoms with Crippen LogP contribution in [0.15, 0.2) is 55.0 Å². The third kappa shape index (κ3) is 4.35. The first-order valence-corrected chi connectivity index (χ1v) is 9.51. The molecule has 4 rings (SSSR count). The maximum absolute atomic E-state index is 5.80. The van der Waals surface area contributed by atoms with Crippen LogP contribution in [0.4, 0.5) is 11.6 Å². The Balaban J connectivity index is 1.52. The van der Waals surface area contributed by atoms with E-state index in [4.69, 9.17) is 4.74 Å². The molecule has 2 N–H and O–H groups in total. The average molecular weight is 388 g/mol. The fraction of sp³-hybridized carbons (Fsp3) is 0.227.